The number of carbonyl (C=O) groups excluding carboxylic acids is 2. The third kappa shape index (κ3) is 2.67. The molecule has 0 radical (unpaired) electrons. The van der Waals surface area contributed by atoms with E-state index in [-0.39, 0.29) is 5.91 Å². The third-order valence-corrected chi connectivity index (χ3v) is 3.58. The molecule has 2 aromatic rings. The first-order valence-electron chi connectivity index (χ1n) is 6.85. The van der Waals surface area contributed by atoms with E-state index < -0.39 is 5.91 Å². The Hall–Kier alpha value is -2.56. The Bertz CT molecular complexity index is 714. The quantitative estimate of drug-likeness (QED) is 0.905. The predicted octanol–water partition coefficient (Wildman–Crippen LogP) is 2.82. The van der Waals surface area contributed by atoms with Crippen LogP contribution in [0.1, 0.15) is 50.8 Å². The molecule has 1 aromatic carbocycles. The van der Waals surface area contributed by atoms with E-state index in [1.54, 1.807) is 24.3 Å². The van der Waals surface area contributed by atoms with Crippen molar-refractivity contribution in [3.63, 3.8) is 0 Å². The van der Waals surface area contributed by atoms with Crippen LogP contribution in [0.2, 0.25) is 0 Å². The van der Waals surface area contributed by atoms with E-state index in [1.807, 2.05) is 6.92 Å². The summed E-state index contributed by atoms with van der Waals surface area (Å²) in [6.45, 7) is 1.88. The summed E-state index contributed by atoms with van der Waals surface area (Å²) >= 11 is 0. The van der Waals surface area contributed by atoms with E-state index in [9.17, 15) is 9.59 Å². The first-order valence-corrected chi connectivity index (χ1v) is 6.85. The average molecular weight is 284 g/mol. The Balaban J connectivity index is 1.89. The number of benzene rings is 1. The fourth-order valence-electron chi connectivity index (χ4n) is 2.34. The molecule has 0 saturated heterocycles. The Morgan fingerprint density at radius 2 is 2.00 bits per heavy atom. The highest BCUT2D eigenvalue weighted by molar-refractivity contribution is 6.09. The van der Waals surface area contributed by atoms with Gasteiger partial charge < -0.3 is 15.5 Å². The van der Waals surface area contributed by atoms with Crippen LogP contribution in [-0.4, -0.2) is 11.8 Å². The van der Waals surface area contributed by atoms with Crippen LogP contribution in [0.15, 0.2) is 34.9 Å². The van der Waals surface area contributed by atoms with Crippen LogP contribution in [0, 0.1) is 6.92 Å². The molecule has 0 atom stereocenters. The normalized spacial score (nSPS) is 14.0. The van der Waals surface area contributed by atoms with E-state index in [2.05, 4.69) is 5.32 Å². The zero-order chi connectivity index (χ0) is 15.0. The lowest BCUT2D eigenvalue weighted by atomic mass is 10.1. The number of hydrogen-bond acceptors (Lipinski definition) is 3. The Morgan fingerprint density at radius 1 is 1.24 bits per heavy atom. The number of carbonyl (C=O) groups is 2. The van der Waals surface area contributed by atoms with Gasteiger partial charge in [-0.3, -0.25) is 9.59 Å². The average Bonchev–Trinajstić information content (AvgIpc) is 3.15. The van der Waals surface area contributed by atoms with Crippen molar-refractivity contribution in [3.05, 3.63) is 53.0 Å². The predicted molar refractivity (Wildman–Crippen MR) is 78.3 cm³/mol. The smallest absolute Gasteiger partial charge is 0.259 e. The fraction of sp³-hybridized carbons (Fsp3) is 0.250. The maximum absolute atomic E-state index is 12.4. The molecule has 5 heteroatoms. The number of anilines is 1. The van der Waals surface area contributed by atoms with Crippen LogP contribution in [0.25, 0.3) is 0 Å². The molecule has 1 saturated carbocycles. The highest BCUT2D eigenvalue weighted by Gasteiger charge is 2.31. The maximum Gasteiger partial charge on any atom is 0.259 e. The van der Waals surface area contributed by atoms with Crippen LogP contribution in [0.4, 0.5) is 5.69 Å². The molecule has 1 aliphatic rings. The minimum Gasteiger partial charge on any atom is -0.468 e. The van der Waals surface area contributed by atoms with E-state index in [1.165, 1.54) is 6.26 Å². The molecular formula is C16H16N2O3. The molecule has 1 aromatic heterocycles. The summed E-state index contributed by atoms with van der Waals surface area (Å²) in [4.78, 5) is 23.8. The molecule has 21 heavy (non-hydrogen) atoms. The van der Waals surface area contributed by atoms with Crippen LogP contribution >= 0.6 is 0 Å². The lowest BCUT2D eigenvalue weighted by Gasteiger charge is -2.10. The Labute approximate surface area is 122 Å². The molecule has 5 nitrogen and oxygen atoms in total. The summed E-state index contributed by atoms with van der Waals surface area (Å²) in [5.74, 6) is 0.216. The summed E-state index contributed by atoms with van der Waals surface area (Å²) in [6, 6.07) is 6.78. The van der Waals surface area contributed by atoms with Gasteiger partial charge in [0.15, 0.2) is 0 Å². The van der Waals surface area contributed by atoms with Crippen molar-refractivity contribution in [1.29, 1.82) is 0 Å². The number of nitrogens with two attached hydrogens (primary N) is 1. The second kappa shape index (κ2) is 5.09. The number of rotatable bonds is 4. The van der Waals surface area contributed by atoms with Crippen LogP contribution in [0.5, 0.6) is 0 Å². The second-order valence-corrected chi connectivity index (χ2v) is 5.34. The summed E-state index contributed by atoms with van der Waals surface area (Å²) < 4.78 is 5.40. The van der Waals surface area contributed by atoms with E-state index >= 15 is 0 Å². The number of nitrogens with one attached hydrogen (secondary N) is 1. The number of hydrogen-bond donors (Lipinski definition) is 2. The van der Waals surface area contributed by atoms with Gasteiger partial charge in [0.05, 0.1) is 23.1 Å². The lowest BCUT2D eigenvalue weighted by molar-refractivity contribution is 0.100. The summed E-state index contributed by atoms with van der Waals surface area (Å²) in [5, 5.41) is 2.76. The van der Waals surface area contributed by atoms with Crippen LogP contribution < -0.4 is 11.1 Å². The second-order valence-electron chi connectivity index (χ2n) is 5.34. The van der Waals surface area contributed by atoms with Crippen molar-refractivity contribution in [3.8, 4) is 0 Å². The molecule has 0 aliphatic heterocycles. The largest absolute Gasteiger partial charge is 0.468 e. The first kappa shape index (κ1) is 13.4. The number of furan rings is 1. The fourth-order valence-corrected chi connectivity index (χ4v) is 2.34. The topological polar surface area (TPSA) is 85.3 Å². The zero-order valence-corrected chi connectivity index (χ0v) is 11.7. The molecule has 108 valence electrons. The standard InChI is InChI=1S/C16H16N2O3/c1-9-2-5-11(15(17)19)13(8-9)18-16(20)12-6-7-21-14(12)10-3-4-10/h2,5-8,10H,3-4H2,1H3,(H2,17,19)(H,18,20). The van der Waals surface area contributed by atoms with Crippen LogP contribution in [0.3, 0.4) is 0 Å². The van der Waals surface area contributed by atoms with E-state index in [0.717, 1.165) is 24.2 Å². The zero-order valence-electron chi connectivity index (χ0n) is 11.7. The summed E-state index contributed by atoms with van der Waals surface area (Å²) in [6.07, 6.45) is 3.61. The highest BCUT2D eigenvalue weighted by Crippen LogP contribution is 2.42. The number of primary amides is 1. The lowest BCUT2D eigenvalue weighted by Crippen LogP contribution is -2.18. The van der Waals surface area contributed by atoms with Gasteiger partial charge in [-0.25, -0.2) is 0 Å². The molecular weight excluding hydrogens is 268 g/mol. The van der Waals surface area contributed by atoms with Gasteiger partial charge in [-0.1, -0.05) is 6.07 Å². The molecule has 0 spiro atoms. The molecule has 1 aliphatic carbocycles. The van der Waals surface area contributed by atoms with E-state index in [4.69, 9.17) is 10.2 Å². The molecule has 0 bridgehead atoms. The minimum atomic E-state index is -0.570. The van der Waals surface area contributed by atoms with Gasteiger partial charge in [-0.15, -0.1) is 0 Å². The van der Waals surface area contributed by atoms with Crippen molar-refractivity contribution in [2.24, 2.45) is 5.73 Å². The Kier molecular flexibility index (Phi) is 3.25. The van der Waals surface area contributed by atoms with Gasteiger partial charge in [0.2, 0.25) is 0 Å². The first-order chi connectivity index (χ1) is 10.1. The van der Waals surface area contributed by atoms with Gasteiger partial charge >= 0.3 is 0 Å². The minimum absolute atomic E-state index is 0.279. The Morgan fingerprint density at radius 3 is 2.67 bits per heavy atom. The number of aryl methyl sites for hydroxylation is 1. The van der Waals surface area contributed by atoms with Crippen molar-refractivity contribution >= 4 is 17.5 Å². The van der Waals surface area contributed by atoms with Crippen molar-refractivity contribution < 1.29 is 14.0 Å². The molecule has 1 heterocycles. The van der Waals surface area contributed by atoms with Gasteiger partial charge in [0, 0.05) is 5.92 Å². The van der Waals surface area contributed by atoms with Crippen LogP contribution in [-0.2, 0) is 0 Å². The maximum atomic E-state index is 12.4. The molecule has 0 unspecified atom stereocenters. The molecule has 3 rings (SSSR count). The van der Waals surface area contributed by atoms with Gasteiger partial charge in [0.1, 0.15) is 5.76 Å². The van der Waals surface area contributed by atoms with Gasteiger partial charge in [-0.05, 0) is 43.5 Å². The summed E-state index contributed by atoms with van der Waals surface area (Å²) in [5.41, 5.74) is 7.52. The molecule has 2 amide bonds. The third-order valence-electron chi connectivity index (χ3n) is 3.58. The van der Waals surface area contributed by atoms with Crippen molar-refractivity contribution in [2.45, 2.75) is 25.7 Å². The molecule has 1 fully saturated rings. The van der Waals surface area contributed by atoms with Gasteiger partial charge in [-0.2, -0.15) is 0 Å². The summed E-state index contributed by atoms with van der Waals surface area (Å²) in [7, 11) is 0. The highest BCUT2D eigenvalue weighted by atomic mass is 16.3. The van der Waals surface area contributed by atoms with E-state index in [0.29, 0.717) is 22.7 Å². The molecule has 3 N–H and O–H groups in total. The van der Waals surface area contributed by atoms with Crippen molar-refractivity contribution in [1.82, 2.24) is 0 Å². The monoisotopic (exact) mass is 284 g/mol. The SMILES string of the molecule is Cc1ccc(C(N)=O)c(NC(=O)c2ccoc2C2CC2)c1. The van der Waals surface area contributed by atoms with Gasteiger partial charge in [0.25, 0.3) is 11.8 Å². The van der Waals surface area contributed by atoms with Crippen molar-refractivity contribution in [2.75, 3.05) is 5.32 Å². The number of amides is 2.